The number of aromatic nitrogens is 1. The molecule has 0 radical (unpaired) electrons. The van der Waals surface area contributed by atoms with Crippen LogP contribution in [0.1, 0.15) is 12.3 Å². The average molecular weight is 429 g/mol. The molecule has 1 amide bonds. The molecule has 0 fully saturated rings. The van der Waals surface area contributed by atoms with E-state index in [-0.39, 0.29) is 28.8 Å². The fraction of sp³-hybridized carbons (Fsp3) is 0.111. The van der Waals surface area contributed by atoms with Crippen molar-refractivity contribution in [1.29, 1.82) is 0 Å². The Morgan fingerprint density at radius 3 is 2.56 bits per heavy atom. The molecule has 0 saturated carbocycles. The van der Waals surface area contributed by atoms with E-state index in [4.69, 9.17) is 39.2 Å². The van der Waals surface area contributed by atoms with Crippen LogP contribution in [0.4, 0.5) is 10.1 Å². The molecule has 2 aromatic carbocycles. The van der Waals surface area contributed by atoms with Gasteiger partial charge in [-0.1, -0.05) is 46.9 Å². The van der Waals surface area contributed by atoms with Gasteiger partial charge in [-0.15, -0.1) is 0 Å². The average Bonchev–Trinajstić information content (AvgIpc) is 3.08. The third-order valence-electron chi connectivity index (χ3n) is 3.59. The van der Waals surface area contributed by atoms with Gasteiger partial charge in [0.2, 0.25) is 5.91 Å². The fourth-order valence-corrected chi connectivity index (χ4v) is 3.20. The standard InChI is InChI=1S/C18H13Cl3FN3O2/c19-10-7-12(20)18(13(21)8-10)25-24-16(26)5-6-17-23-9-15(27-17)11-3-1-2-4-14(11)22/h1-4,7-9,25H,5-6H2,(H,24,26). The minimum absolute atomic E-state index is 0.0903. The fourth-order valence-electron chi connectivity index (χ4n) is 2.29. The first kappa shape index (κ1) is 19.5. The topological polar surface area (TPSA) is 67.2 Å². The maximum Gasteiger partial charge on any atom is 0.238 e. The van der Waals surface area contributed by atoms with Crippen LogP contribution in [0.15, 0.2) is 47.0 Å². The molecule has 1 aromatic heterocycles. The van der Waals surface area contributed by atoms with Gasteiger partial charge in [0.25, 0.3) is 0 Å². The predicted octanol–water partition coefficient (Wildman–Crippen LogP) is 5.52. The molecule has 2 N–H and O–H groups in total. The maximum atomic E-state index is 13.8. The van der Waals surface area contributed by atoms with Crippen LogP contribution < -0.4 is 10.9 Å². The highest BCUT2D eigenvalue weighted by molar-refractivity contribution is 6.41. The summed E-state index contributed by atoms with van der Waals surface area (Å²) >= 11 is 17.9. The molecular weight excluding hydrogens is 416 g/mol. The van der Waals surface area contributed by atoms with E-state index in [1.807, 2.05) is 0 Å². The van der Waals surface area contributed by atoms with Gasteiger partial charge in [-0.2, -0.15) is 0 Å². The van der Waals surface area contributed by atoms with Crippen molar-refractivity contribution in [1.82, 2.24) is 10.4 Å². The molecule has 0 saturated heterocycles. The molecule has 0 aliphatic rings. The number of hydrogen-bond donors (Lipinski definition) is 2. The second-order valence-electron chi connectivity index (χ2n) is 5.52. The summed E-state index contributed by atoms with van der Waals surface area (Å²) in [5.74, 6) is -0.103. The smallest absolute Gasteiger partial charge is 0.238 e. The van der Waals surface area contributed by atoms with E-state index in [1.165, 1.54) is 24.4 Å². The van der Waals surface area contributed by atoms with E-state index in [1.54, 1.807) is 18.2 Å². The lowest BCUT2D eigenvalue weighted by molar-refractivity contribution is -0.120. The van der Waals surface area contributed by atoms with E-state index in [9.17, 15) is 9.18 Å². The Hall–Kier alpha value is -2.28. The molecule has 0 aliphatic heterocycles. The summed E-state index contributed by atoms with van der Waals surface area (Å²) in [7, 11) is 0. The molecule has 0 atom stereocenters. The number of nitrogens with zero attached hydrogens (tertiary/aromatic N) is 1. The number of carbonyl (C=O) groups excluding carboxylic acids is 1. The Balaban J connectivity index is 1.55. The summed E-state index contributed by atoms with van der Waals surface area (Å²) in [4.78, 5) is 16.1. The van der Waals surface area contributed by atoms with E-state index in [0.29, 0.717) is 27.9 Å². The Morgan fingerprint density at radius 1 is 1.15 bits per heavy atom. The highest BCUT2D eigenvalue weighted by atomic mass is 35.5. The van der Waals surface area contributed by atoms with Gasteiger partial charge < -0.3 is 4.42 Å². The van der Waals surface area contributed by atoms with Crippen molar-refractivity contribution in [3.05, 3.63) is 69.4 Å². The Kier molecular flexibility index (Phi) is 6.21. The second kappa shape index (κ2) is 8.61. The largest absolute Gasteiger partial charge is 0.441 e. The Morgan fingerprint density at radius 2 is 1.85 bits per heavy atom. The molecule has 0 aliphatic carbocycles. The van der Waals surface area contributed by atoms with Crippen molar-refractivity contribution in [3.8, 4) is 11.3 Å². The zero-order valence-electron chi connectivity index (χ0n) is 13.7. The number of rotatable bonds is 6. The maximum absolute atomic E-state index is 13.8. The van der Waals surface area contributed by atoms with Crippen molar-refractivity contribution in [3.63, 3.8) is 0 Å². The number of anilines is 1. The molecule has 5 nitrogen and oxygen atoms in total. The molecule has 0 unspecified atom stereocenters. The van der Waals surface area contributed by atoms with E-state index < -0.39 is 5.82 Å². The molecule has 0 bridgehead atoms. The molecule has 140 valence electrons. The molecule has 27 heavy (non-hydrogen) atoms. The minimum Gasteiger partial charge on any atom is -0.441 e. The quantitative estimate of drug-likeness (QED) is 0.508. The van der Waals surface area contributed by atoms with Gasteiger partial charge in [0.15, 0.2) is 11.7 Å². The number of carbonyl (C=O) groups is 1. The number of aryl methyl sites for hydroxylation is 1. The number of nitrogens with one attached hydrogen (secondary N) is 2. The van der Waals surface area contributed by atoms with Crippen molar-refractivity contribution in [2.45, 2.75) is 12.8 Å². The molecular formula is C18H13Cl3FN3O2. The SMILES string of the molecule is O=C(CCc1ncc(-c2ccccc2F)o1)NNc1c(Cl)cc(Cl)cc1Cl. The number of hydrazine groups is 1. The van der Waals surface area contributed by atoms with Crippen molar-refractivity contribution >= 4 is 46.4 Å². The van der Waals surface area contributed by atoms with Crippen LogP contribution in [0.5, 0.6) is 0 Å². The van der Waals surface area contributed by atoms with Crippen LogP contribution in [0.2, 0.25) is 15.1 Å². The molecule has 3 rings (SSSR count). The monoisotopic (exact) mass is 427 g/mol. The third kappa shape index (κ3) is 4.91. The number of hydrogen-bond acceptors (Lipinski definition) is 4. The van der Waals surface area contributed by atoms with Crippen LogP contribution in [0.3, 0.4) is 0 Å². The van der Waals surface area contributed by atoms with Gasteiger partial charge in [-0.3, -0.25) is 15.6 Å². The first-order chi connectivity index (χ1) is 12.9. The van der Waals surface area contributed by atoms with Gasteiger partial charge in [-0.05, 0) is 24.3 Å². The number of oxazole rings is 1. The van der Waals surface area contributed by atoms with E-state index >= 15 is 0 Å². The molecule has 3 aromatic rings. The summed E-state index contributed by atoms with van der Waals surface area (Å²) in [5, 5.41) is 0.932. The predicted molar refractivity (Wildman–Crippen MR) is 103 cm³/mol. The lowest BCUT2D eigenvalue weighted by Gasteiger charge is -2.11. The normalized spacial score (nSPS) is 10.7. The lowest BCUT2D eigenvalue weighted by Crippen LogP contribution is -2.29. The van der Waals surface area contributed by atoms with E-state index in [0.717, 1.165) is 0 Å². The zero-order valence-corrected chi connectivity index (χ0v) is 16.0. The van der Waals surface area contributed by atoms with Gasteiger partial charge in [-0.25, -0.2) is 9.37 Å². The Bertz CT molecular complexity index is 955. The summed E-state index contributed by atoms with van der Waals surface area (Å²) in [6.07, 6.45) is 1.76. The second-order valence-corrected chi connectivity index (χ2v) is 6.77. The summed E-state index contributed by atoms with van der Waals surface area (Å²) in [6, 6.07) is 9.22. The van der Waals surface area contributed by atoms with Crippen molar-refractivity contribution in [2.24, 2.45) is 0 Å². The van der Waals surface area contributed by atoms with Crippen molar-refractivity contribution in [2.75, 3.05) is 5.43 Å². The van der Waals surface area contributed by atoms with Crippen LogP contribution >= 0.6 is 34.8 Å². The first-order valence-corrected chi connectivity index (χ1v) is 8.96. The summed E-state index contributed by atoms with van der Waals surface area (Å²) < 4.78 is 19.3. The highest BCUT2D eigenvalue weighted by Gasteiger charge is 2.13. The van der Waals surface area contributed by atoms with Crippen LogP contribution in [-0.4, -0.2) is 10.9 Å². The van der Waals surface area contributed by atoms with Gasteiger partial charge >= 0.3 is 0 Å². The van der Waals surface area contributed by atoms with Crippen molar-refractivity contribution < 1.29 is 13.6 Å². The third-order valence-corrected chi connectivity index (χ3v) is 4.41. The molecule has 0 spiro atoms. The van der Waals surface area contributed by atoms with Crippen LogP contribution in [0, 0.1) is 5.82 Å². The highest BCUT2D eigenvalue weighted by Crippen LogP contribution is 2.33. The van der Waals surface area contributed by atoms with Gasteiger partial charge in [0.1, 0.15) is 5.82 Å². The first-order valence-electron chi connectivity index (χ1n) is 7.83. The summed E-state index contributed by atoms with van der Waals surface area (Å²) in [5.41, 5.74) is 5.80. The lowest BCUT2D eigenvalue weighted by atomic mass is 10.2. The van der Waals surface area contributed by atoms with Crippen LogP contribution in [0.25, 0.3) is 11.3 Å². The van der Waals surface area contributed by atoms with E-state index in [2.05, 4.69) is 15.8 Å². The molecule has 9 heteroatoms. The minimum atomic E-state index is -0.404. The number of halogens is 4. The van der Waals surface area contributed by atoms with Crippen LogP contribution in [-0.2, 0) is 11.2 Å². The molecule has 1 heterocycles. The number of amides is 1. The summed E-state index contributed by atoms with van der Waals surface area (Å²) in [6.45, 7) is 0. The number of benzene rings is 2. The zero-order chi connectivity index (χ0) is 19.4. The van der Waals surface area contributed by atoms with Gasteiger partial charge in [0, 0.05) is 17.9 Å². The Labute approximate surface area is 169 Å². The van der Waals surface area contributed by atoms with Gasteiger partial charge in [0.05, 0.1) is 27.5 Å².